The molecule has 1 aliphatic carbocycles. The minimum absolute atomic E-state index is 0.159. The Bertz CT molecular complexity index is 383. The molecule has 2 unspecified atom stereocenters. The van der Waals surface area contributed by atoms with Crippen LogP contribution in [0.1, 0.15) is 32.6 Å². The van der Waals surface area contributed by atoms with Gasteiger partial charge in [0, 0.05) is 6.20 Å². The zero-order valence-electron chi connectivity index (χ0n) is 10.3. The van der Waals surface area contributed by atoms with Crippen LogP contribution in [0, 0.1) is 5.92 Å². The minimum Gasteiger partial charge on any atom is -0.397 e. The summed E-state index contributed by atoms with van der Waals surface area (Å²) in [4.78, 5) is 4.07. The van der Waals surface area contributed by atoms with Crippen LogP contribution < -0.4 is 11.1 Å². The van der Waals surface area contributed by atoms with E-state index in [2.05, 4.69) is 17.2 Å². The zero-order chi connectivity index (χ0) is 12.3. The van der Waals surface area contributed by atoms with Crippen molar-refractivity contribution in [1.82, 2.24) is 4.98 Å². The maximum absolute atomic E-state index is 9.68. The second-order valence-corrected chi connectivity index (χ2v) is 5.27. The van der Waals surface area contributed by atoms with E-state index in [0.29, 0.717) is 11.6 Å². The van der Waals surface area contributed by atoms with Crippen LogP contribution in [0.15, 0.2) is 18.5 Å². The third-order valence-corrected chi connectivity index (χ3v) is 3.56. The van der Waals surface area contributed by atoms with Gasteiger partial charge in [0.25, 0.3) is 0 Å². The molecule has 1 fully saturated rings. The number of aliphatic hydroxyl groups is 1. The maximum atomic E-state index is 9.68. The highest BCUT2D eigenvalue weighted by molar-refractivity contribution is 5.52. The van der Waals surface area contributed by atoms with Crippen LogP contribution in [-0.2, 0) is 0 Å². The highest BCUT2D eigenvalue weighted by Crippen LogP contribution is 2.34. The van der Waals surface area contributed by atoms with Gasteiger partial charge in [-0.3, -0.25) is 4.98 Å². The van der Waals surface area contributed by atoms with Crippen LogP contribution in [-0.4, -0.2) is 22.2 Å². The van der Waals surface area contributed by atoms with Crippen LogP contribution in [0.5, 0.6) is 0 Å². The molecule has 0 aromatic carbocycles. The number of nitrogens with zero attached hydrogens (tertiary/aromatic N) is 1. The molecule has 0 bridgehead atoms. The number of aromatic nitrogens is 1. The second kappa shape index (κ2) is 4.92. The van der Waals surface area contributed by atoms with Crippen LogP contribution in [0.3, 0.4) is 0 Å². The predicted octanol–water partition coefficient (Wildman–Crippen LogP) is 2.02. The summed E-state index contributed by atoms with van der Waals surface area (Å²) in [6, 6.07) is 1.86. The molecule has 1 aliphatic rings. The molecule has 0 aliphatic heterocycles. The van der Waals surface area contributed by atoms with Gasteiger partial charge in [-0.05, 0) is 24.8 Å². The van der Waals surface area contributed by atoms with Gasteiger partial charge in [-0.25, -0.2) is 0 Å². The summed E-state index contributed by atoms with van der Waals surface area (Å²) < 4.78 is 0. The molecule has 1 heterocycles. The summed E-state index contributed by atoms with van der Waals surface area (Å²) >= 11 is 0. The number of nitrogens with one attached hydrogen (secondary N) is 1. The first kappa shape index (κ1) is 12.2. The van der Waals surface area contributed by atoms with E-state index in [-0.39, 0.29) is 12.1 Å². The van der Waals surface area contributed by atoms with Gasteiger partial charge < -0.3 is 16.2 Å². The lowest BCUT2D eigenvalue weighted by Crippen LogP contribution is -2.45. The van der Waals surface area contributed by atoms with Gasteiger partial charge >= 0.3 is 0 Å². The van der Waals surface area contributed by atoms with Gasteiger partial charge in [0.15, 0.2) is 0 Å². The Morgan fingerprint density at radius 3 is 3.06 bits per heavy atom. The van der Waals surface area contributed by atoms with Gasteiger partial charge in [0.1, 0.15) is 0 Å². The van der Waals surface area contributed by atoms with E-state index in [1.807, 2.05) is 6.07 Å². The van der Waals surface area contributed by atoms with Crippen LogP contribution in [0.25, 0.3) is 0 Å². The van der Waals surface area contributed by atoms with Crippen LogP contribution in [0.2, 0.25) is 0 Å². The predicted molar refractivity (Wildman–Crippen MR) is 69.7 cm³/mol. The van der Waals surface area contributed by atoms with Crippen molar-refractivity contribution in [3.8, 4) is 0 Å². The van der Waals surface area contributed by atoms with Gasteiger partial charge in [0.2, 0.25) is 0 Å². The molecule has 94 valence electrons. The lowest BCUT2D eigenvalue weighted by molar-refractivity contribution is 0.149. The molecule has 4 heteroatoms. The van der Waals surface area contributed by atoms with Gasteiger partial charge in [-0.1, -0.05) is 19.8 Å². The SMILES string of the molecule is CC1CCCC(CO)(Nc2cncc(N)c2)C1. The summed E-state index contributed by atoms with van der Waals surface area (Å²) in [5.74, 6) is 0.650. The van der Waals surface area contributed by atoms with Crippen molar-refractivity contribution >= 4 is 11.4 Å². The van der Waals surface area contributed by atoms with E-state index in [9.17, 15) is 5.11 Å². The average molecular weight is 235 g/mol. The molecule has 17 heavy (non-hydrogen) atoms. The molecule has 0 radical (unpaired) electrons. The fourth-order valence-electron chi connectivity index (χ4n) is 2.79. The quantitative estimate of drug-likeness (QED) is 0.749. The normalized spacial score (nSPS) is 28.9. The first-order valence-electron chi connectivity index (χ1n) is 6.23. The summed E-state index contributed by atoms with van der Waals surface area (Å²) in [6.07, 6.45) is 7.79. The third-order valence-electron chi connectivity index (χ3n) is 3.56. The summed E-state index contributed by atoms with van der Waals surface area (Å²) in [5, 5.41) is 13.1. The van der Waals surface area contributed by atoms with E-state index in [0.717, 1.165) is 24.9 Å². The number of nitrogens with two attached hydrogens (primary N) is 1. The zero-order valence-corrected chi connectivity index (χ0v) is 10.3. The number of hydrogen-bond donors (Lipinski definition) is 3. The van der Waals surface area contributed by atoms with E-state index in [1.54, 1.807) is 12.4 Å². The Balaban J connectivity index is 2.13. The van der Waals surface area contributed by atoms with Gasteiger partial charge in [-0.15, -0.1) is 0 Å². The minimum atomic E-state index is -0.201. The van der Waals surface area contributed by atoms with Crippen molar-refractivity contribution in [2.24, 2.45) is 5.92 Å². The monoisotopic (exact) mass is 235 g/mol. The number of anilines is 2. The molecule has 1 aromatic heterocycles. The van der Waals surface area contributed by atoms with Crippen molar-refractivity contribution in [1.29, 1.82) is 0 Å². The Morgan fingerprint density at radius 2 is 2.41 bits per heavy atom. The van der Waals surface area contributed by atoms with Crippen molar-refractivity contribution in [3.63, 3.8) is 0 Å². The lowest BCUT2D eigenvalue weighted by Gasteiger charge is -2.40. The molecule has 4 N–H and O–H groups in total. The number of hydrogen-bond acceptors (Lipinski definition) is 4. The Morgan fingerprint density at radius 1 is 1.59 bits per heavy atom. The average Bonchev–Trinajstić information content (AvgIpc) is 2.29. The molecular formula is C13H21N3O. The standard InChI is InChI=1S/C13H21N3O/c1-10-3-2-4-13(6-10,9-17)16-12-5-11(14)7-15-8-12/h5,7-8,10,16-17H,2-4,6,9,14H2,1H3. The smallest absolute Gasteiger partial charge is 0.0661 e. The fourth-order valence-corrected chi connectivity index (χ4v) is 2.79. The lowest BCUT2D eigenvalue weighted by atomic mass is 9.76. The molecule has 4 nitrogen and oxygen atoms in total. The van der Waals surface area contributed by atoms with E-state index < -0.39 is 0 Å². The topological polar surface area (TPSA) is 71.2 Å². The maximum Gasteiger partial charge on any atom is 0.0661 e. The van der Waals surface area contributed by atoms with Crippen LogP contribution >= 0.6 is 0 Å². The number of rotatable bonds is 3. The first-order chi connectivity index (χ1) is 8.13. The van der Waals surface area contributed by atoms with Crippen molar-refractivity contribution in [3.05, 3.63) is 18.5 Å². The fraction of sp³-hybridized carbons (Fsp3) is 0.615. The highest BCUT2D eigenvalue weighted by atomic mass is 16.3. The van der Waals surface area contributed by atoms with Crippen molar-refractivity contribution in [2.75, 3.05) is 17.7 Å². The molecule has 1 saturated carbocycles. The number of pyridine rings is 1. The summed E-state index contributed by atoms with van der Waals surface area (Å²) in [5.41, 5.74) is 7.05. The molecule has 0 amide bonds. The van der Waals surface area contributed by atoms with E-state index in [1.165, 1.54) is 6.42 Å². The van der Waals surface area contributed by atoms with Crippen LogP contribution in [0.4, 0.5) is 11.4 Å². The van der Waals surface area contributed by atoms with Gasteiger partial charge in [-0.2, -0.15) is 0 Å². The number of aliphatic hydroxyl groups excluding tert-OH is 1. The molecule has 2 atom stereocenters. The molecular weight excluding hydrogens is 214 g/mol. The Labute approximate surface area is 102 Å². The Kier molecular flexibility index (Phi) is 3.52. The highest BCUT2D eigenvalue weighted by Gasteiger charge is 2.34. The van der Waals surface area contributed by atoms with Crippen molar-refractivity contribution < 1.29 is 5.11 Å². The second-order valence-electron chi connectivity index (χ2n) is 5.27. The third kappa shape index (κ3) is 2.88. The Hall–Kier alpha value is -1.29. The summed E-state index contributed by atoms with van der Waals surface area (Å²) in [7, 11) is 0. The molecule has 1 aromatic rings. The van der Waals surface area contributed by atoms with E-state index >= 15 is 0 Å². The number of nitrogen functional groups attached to an aromatic ring is 1. The largest absolute Gasteiger partial charge is 0.397 e. The molecule has 0 saturated heterocycles. The first-order valence-corrected chi connectivity index (χ1v) is 6.23. The molecule has 0 spiro atoms. The van der Waals surface area contributed by atoms with Gasteiger partial charge in [0.05, 0.1) is 29.7 Å². The van der Waals surface area contributed by atoms with E-state index in [4.69, 9.17) is 5.73 Å². The molecule has 2 rings (SSSR count). The summed E-state index contributed by atoms with van der Waals surface area (Å²) in [6.45, 7) is 2.40. The van der Waals surface area contributed by atoms with Crippen molar-refractivity contribution in [2.45, 2.75) is 38.1 Å².